The zero-order chi connectivity index (χ0) is 11.0. The van der Waals surface area contributed by atoms with Crippen molar-refractivity contribution in [2.45, 2.75) is 33.6 Å². The normalized spacial score (nSPS) is 13.8. The molecule has 1 nitrogen and oxygen atoms in total. The van der Waals surface area contributed by atoms with Crippen molar-refractivity contribution < 1.29 is 0 Å². The van der Waals surface area contributed by atoms with E-state index in [2.05, 4.69) is 64.1 Å². The van der Waals surface area contributed by atoms with E-state index >= 15 is 0 Å². The quantitative estimate of drug-likeness (QED) is 0.601. The second-order valence-electron chi connectivity index (χ2n) is 3.68. The molecule has 0 aromatic carbocycles. The molecule has 0 bridgehead atoms. The third-order valence-electron chi connectivity index (χ3n) is 2.13. The van der Waals surface area contributed by atoms with Crippen LogP contribution >= 0.6 is 0 Å². The van der Waals surface area contributed by atoms with E-state index in [1.807, 2.05) is 0 Å². The molecule has 0 heterocycles. The molecule has 0 fully saturated rings. The summed E-state index contributed by atoms with van der Waals surface area (Å²) in [6, 6.07) is 0. The molecule has 0 aromatic heterocycles. The lowest BCUT2D eigenvalue weighted by Crippen LogP contribution is -2.09. The van der Waals surface area contributed by atoms with E-state index < -0.39 is 0 Å². The molecule has 0 rings (SSSR count). The molecule has 0 saturated carbocycles. The molecule has 0 atom stereocenters. The topological polar surface area (TPSA) is 3.24 Å². The predicted octanol–water partition coefficient (Wildman–Crippen LogP) is 3.75. The molecule has 0 amide bonds. The van der Waals surface area contributed by atoms with Crippen molar-refractivity contribution in [1.29, 1.82) is 0 Å². The van der Waals surface area contributed by atoms with E-state index in [9.17, 15) is 0 Å². The van der Waals surface area contributed by atoms with Gasteiger partial charge in [-0.3, -0.25) is 0 Å². The Hall–Kier alpha value is -0.980. The van der Waals surface area contributed by atoms with Gasteiger partial charge in [0.15, 0.2) is 0 Å². The number of hydrogen-bond acceptors (Lipinski definition) is 1. The van der Waals surface area contributed by atoms with Gasteiger partial charge in [-0.05, 0) is 26.3 Å². The lowest BCUT2D eigenvalue weighted by atomic mass is 10.2. The second kappa shape index (κ2) is 7.43. The zero-order valence-corrected chi connectivity index (χ0v) is 10.2. The highest BCUT2D eigenvalue weighted by Gasteiger charge is 1.93. The van der Waals surface area contributed by atoms with Gasteiger partial charge in [-0.2, -0.15) is 0 Å². The first kappa shape index (κ1) is 13.0. The van der Waals surface area contributed by atoms with Gasteiger partial charge < -0.3 is 4.90 Å². The van der Waals surface area contributed by atoms with Crippen LogP contribution in [0.2, 0.25) is 0 Å². The van der Waals surface area contributed by atoms with E-state index in [0.29, 0.717) is 0 Å². The van der Waals surface area contributed by atoms with Crippen LogP contribution in [0.4, 0.5) is 0 Å². The Morgan fingerprint density at radius 1 is 1.21 bits per heavy atom. The monoisotopic (exact) mass is 193 g/mol. The van der Waals surface area contributed by atoms with Gasteiger partial charge in [0.2, 0.25) is 0 Å². The summed E-state index contributed by atoms with van der Waals surface area (Å²) in [5.41, 5.74) is 2.59. The summed E-state index contributed by atoms with van der Waals surface area (Å²) < 4.78 is 0. The Morgan fingerprint density at radius 2 is 1.86 bits per heavy atom. The summed E-state index contributed by atoms with van der Waals surface area (Å²) in [6.07, 6.45) is 11.1. The standard InChI is InChI=1S/C13H23N/c1-6-8-9-13(14(4)5)11-10-12(3)7-2/h7,9-11H,6,8H2,1-5H3/b11-10-,12-7-,13-9-. The number of unbranched alkanes of at least 4 members (excludes halogenated alkanes) is 1. The van der Waals surface area contributed by atoms with Crippen LogP contribution in [-0.2, 0) is 0 Å². The highest BCUT2D eigenvalue weighted by Crippen LogP contribution is 2.06. The van der Waals surface area contributed by atoms with Crippen molar-refractivity contribution in [2.24, 2.45) is 0 Å². The molecule has 0 aromatic rings. The minimum absolute atomic E-state index is 1.15. The van der Waals surface area contributed by atoms with Crippen molar-refractivity contribution in [3.63, 3.8) is 0 Å². The Balaban J connectivity index is 4.45. The van der Waals surface area contributed by atoms with Crippen molar-refractivity contribution in [3.8, 4) is 0 Å². The van der Waals surface area contributed by atoms with E-state index in [-0.39, 0.29) is 0 Å². The van der Waals surface area contributed by atoms with Gasteiger partial charge in [0.25, 0.3) is 0 Å². The number of hydrogen-bond donors (Lipinski definition) is 0. The number of rotatable bonds is 5. The van der Waals surface area contributed by atoms with Gasteiger partial charge in [-0.25, -0.2) is 0 Å². The van der Waals surface area contributed by atoms with Crippen LogP contribution in [-0.4, -0.2) is 19.0 Å². The van der Waals surface area contributed by atoms with E-state index in [0.717, 1.165) is 6.42 Å². The van der Waals surface area contributed by atoms with Crippen LogP contribution in [0.25, 0.3) is 0 Å². The minimum Gasteiger partial charge on any atom is -0.378 e. The Bertz CT molecular complexity index is 232. The lowest BCUT2D eigenvalue weighted by molar-refractivity contribution is 0.526. The molecule has 0 saturated heterocycles. The molecule has 0 N–H and O–H groups in total. The van der Waals surface area contributed by atoms with Gasteiger partial charge >= 0.3 is 0 Å². The first-order chi connectivity index (χ1) is 6.61. The van der Waals surface area contributed by atoms with Crippen molar-refractivity contribution in [3.05, 3.63) is 35.6 Å². The molecule has 80 valence electrons. The molecule has 0 aliphatic rings. The fraction of sp³-hybridized carbons (Fsp3) is 0.538. The van der Waals surface area contributed by atoms with Crippen LogP contribution in [0.3, 0.4) is 0 Å². The first-order valence-electron chi connectivity index (χ1n) is 5.30. The van der Waals surface area contributed by atoms with Crippen LogP contribution in [0.5, 0.6) is 0 Å². The highest BCUT2D eigenvalue weighted by molar-refractivity contribution is 5.25. The van der Waals surface area contributed by atoms with E-state index in [1.165, 1.54) is 17.7 Å². The lowest BCUT2D eigenvalue weighted by Gasteiger charge is -2.13. The van der Waals surface area contributed by atoms with Crippen LogP contribution in [0.15, 0.2) is 35.6 Å². The fourth-order valence-electron chi connectivity index (χ4n) is 1.00. The number of nitrogens with zero attached hydrogens (tertiary/aromatic N) is 1. The summed E-state index contributed by atoms with van der Waals surface area (Å²) >= 11 is 0. The summed E-state index contributed by atoms with van der Waals surface area (Å²) in [6.45, 7) is 6.37. The summed E-state index contributed by atoms with van der Waals surface area (Å²) in [4.78, 5) is 2.15. The average Bonchev–Trinajstić information content (AvgIpc) is 2.16. The Morgan fingerprint density at radius 3 is 2.29 bits per heavy atom. The van der Waals surface area contributed by atoms with Gasteiger partial charge in [-0.1, -0.05) is 37.1 Å². The largest absolute Gasteiger partial charge is 0.378 e. The number of allylic oxidation sites excluding steroid dienone is 5. The predicted molar refractivity (Wildman–Crippen MR) is 65.2 cm³/mol. The fourth-order valence-corrected chi connectivity index (χ4v) is 1.00. The van der Waals surface area contributed by atoms with Gasteiger partial charge in [0, 0.05) is 19.8 Å². The molecular weight excluding hydrogens is 170 g/mol. The average molecular weight is 193 g/mol. The van der Waals surface area contributed by atoms with Crippen molar-refractivity contribution in [1.82, 2.24) is 4.90 Å². The van der Waals surface area contributed by atoms with E-state index in [4.69, 9.17) is 0 Å². The SMILES string of the molecule is C\C=C(C)/C=C\C(=C\CCC)N(C)C. The second-order valence-corrected chi connectivity index (χ2v) is 3.68. The third kappa shape index (κ3) is 5.63. The molecular formula is C13H23N. The van der Waals surface area contributed by atoms with Gasteiger partial charge in [-0.15, -0.1) is 0 Å². The van der Waals surface area contributed by atoms with Crippen molar-refractivity contribution in [2.75, 3.05) is 14.1 Å². The minimum atomic E-state index is 1.15. The maximum atomic E-state index is 2.28. The Labute approximate surface area is 88.8 Å². The van der Waals surface area contributed by atoms with Crippen LogP contribution < -0.4 is 0 Å². The molecule has 0 spiro atoms. The van der Waals surface area contributed by atoms with E-state index in [1.54, 1.807) is 0 Å². The molecule has 0 radical (unpaired) electrons. The summed E-state index contributed by atoms with van der Waals surface area (Å²) in [5, 5.41) is 0. The first-order valence-corrected chi connectivity index (χ1v) is 5.30. The molecule has 0 aliphatic carbocycles. The summed E-state index contributed by atoms with van der Waals surface area (Å²) in [7, 11) is 4.16. The molecule has 1 heteroatoms. The summed E-state index contributed by atoms with van der Waals surface area (Å²) in [5.74, 6) is 0. The maximum Gasteiger partial charge on any atom is 0.0320 e. The van der Waals surface area contributed by atoms with Gasteiger partial charge in [0.1, 0.15) is 0 Å². The van der Waals surface area contributed by atoms with Crippen molar-refractivity contribution >= 4 is 0 Å². The smallest absolute Gasteiger partial charge is 0.0320 e. The van der Waals surface area contributed by atoms with Gasteiger partial charge in [0.05, 0.1) is 0 Å². The van der Waals surface area contributed by atoms with Crippen LogP contribution in [0, 0.1) is 0 Å². The Kier molecular flexibility index (Phi) is 6.91. The molecule has 0 unspecified atom stereocenters. The zero-order valence-electron chi connectivity index (χ0n) is 10.2. The number of likely N-dealkylation sites (N-methyl/N-ethyl adjacent to an activating group) is 1. The maximum absolute atomic E-state index is 2.28. The molecule has 0 aliphatic heterocycles. The third-order valence-corrected chi connectivity index (χ3v) is 2.13. The van der Waals surface area contributed by atoms with Crippen LogP contribution in [0.1, 0.15) is 33.6 Å². The highest BCUT2D eigenvalue weighted by atomic mass is 15.1. The molecule has 14 heavy (non-hydrogen) atoms.